The Labute approximate surface area is 239 Å². The molecule has 4 unspecified atom stereocenters. The number of rotatable bonds is 8. The van der Waals surface area contributed by atoms with Crippen LogP contribution in [-0.4, -0.2) is 44.5 Å². The average Bonchev–Trinajstić information content (AvgIpc) is 3.59. The van der Waals surface area contributed by atoms with E-state index in [2.05, 4.69) is 15.4 Å². The fraction of sp³-hybridized carbons (Fsp3) is 0.714. The van der Waals surface area contributed by atoms with Crippen LogP contribution in [0.3, 0.4) is 0 Å². The fourth-order valence-corrected chi connectivity index (χ4v) is 7.76. The van der Waals surface area contributed by atoms with Gasteiger partial charge >= 0.3 is 6.09 Å². The van der Waals surface area contributed by atoms with Gasteiger partial charge in [-0.2, -0.15) is 5.10 Å². The molecule has 2 heterocycles. The summed E-state index contributed by atoms with van der Waals surface area (Å²) in [6.45, 7) is 5.64. The van der Waals surface area contributed by atoms with E-state index in [1.54, 1.807) is 6.07 Å². The molecule has 0 bridgehead atoms. The lowest BCUT2D eigenvalue weighted by molar-refractivity contribution is -0.147. The zero-order chi connectivity index (χ0) is 29.7. The van der Waals surface area contributed by atoms with Gasteiger partial charge in [-0.1, -0.05) is 32.4 Å². The summed E-state index contributed by atoms with van der Waals surface area (Å²) in [5.41, 5.74) is 4.20. The maximum atomic E-state index is 15.2. The summed E-state index contributed by atoms with van der Waals surface area (Å²) in [5.74, 6) is -7.92. The number of hydrogen-bond acceptors (Lipinski definition) is 5. The largest absolute Gasteiger partial charge is 0.446 e. The van der Waals surface area contributed by atoms with E-state index in [1.165, 1.54) is 10.7 Å². The Morgan fingerprint density at radius 2 is 1.85 bits per heavy atom. The molecular weight excluding hydrogens is 566 g/mol. The van der Waals surface area contributed by atoms with Gasteiger partial charge in [0.15, 0.2) is 10.8 Å². The number of ether oxygens (including phenoxy) is 1. The van der Waals surface area contributed by atoms with Crippen molar-refractivity contribution in [1.82, 2.24) is 19.9 Å². The van der Waals surface area contributed by atoms with Crippen molar-refractivity contribution < 1.29 is 31.9 Å². The normalized spacial score (nSPS) is 29.9. The highest BCUT2D eigenvalue weighted by atomic mass is 35.5. The first kappa shape index (κ1) is 28.5. The number of hydrogen-bond donors (Lipinski definition) is 2. The van der Waals surface area contributed by atoms with Crippen LogP contribution in [0.25, 0.3) is 5.65 Å². The number of carbonyl (C=O) groups excluding carboxylic acids is 2. The van der Waals surface area contributed by atoms with E-state index in [4.69, 9.17) is 22.1 Å². The molecule has 4 aliphatic carbocycles. The maximum absolute atomic E-state index is 15.2. The molecular formula is C28H34ClF4N5O3. The van der Waals surface area contributed by atoms with Crippen LogP contribution in [0, 0.1) is 35.0 Å². The van der Waals surface area contributed by atoms with Crippen LogP contribution >= 0.6 is 11.6 Å². The van der Waals surface area contributed by atoms with Gasteiger partial charge in [-0.05, 0) is 54.9 Å². The van der Waals surface area contributed by atoms with Gasteiger partial charge in [-0.15, -0.1) is 0 Å². The second kappa shape index (κ2) is 9.18. The molecule has 0 aromatic carbocycles. The van der Waals surface area contributed by atoms with Crippen LogP contribution in [0.5, 0.6) is 0 Å². The van der Waals surface area contributed by atoms with E-state index < -0.39 is 46.7 Å². The molecule has 8 nitrogen and oxygen atoms in total. The molecule has 224 valence electrons. The highest BCUT2D eigenvalue weighted by Crippen LogP contribution is 2.76. The zero-order valence-corrected chi connectivity index (χ0v) is 23.9. The standard InChI is InChI=1S/C28H34ClF4N5O3/c1-25(2,3)21(41-24(34)40)14-6-17-27(10-14,28(17,32)33)18-12-38-19(36-18)7-15(22(29)37-38)11-35-23(39)20(13-4-5-13)16-8-26(30,31)9-16/h7,12-14,16-17,20-21H,4-6,8-11H2,1-3H3,(H2,34,40)(H,35,39)/t14?,17?,20-,21?,27?/m1/s1. The number of nitrogens with two attached hydrogens (primary N) is 1. The molecule has 2 amide bonds. The summed E-state index contributed by atoms with van der Waals surface area (Å²) in [5, 5.41) is 7.18. The van der Waals surface area contributed by atoms with Gasteiger partial charge in [0.25, 0.3) is 5.92 Å². The second-order valence-electron chi connectivity index (χ2n) is 13.6. The maximum Gasteiger partial charge on any atom is 0.404 e. The molecule has 6 rings (SSSR count). The zero-order valence-electron chi connectivity index (χ0n) is 23.1. The van der Waals surface area contributed by atoms with Crippen LogP contribution in [0.2, 0.25) is 5.15 Å². The lowest BCUT2D eigenvalue weighted by Crippen LogP contribution is -2.46. The minimum atomic E-state index is -2.98. The predicted molar refractivity (Wildman–Crippen MR) is 140 cm³/mol. The molecule has 3 N–H and O–H groups in total. The van der Waals surface area contributed by atoms with Gasteiger partial charge in [0, 0.05) is 36.8 Å². The molecule has 0 radical (unpaired) electrons. The fourth-order valence-electron chi connectivity index (χ4n) is 7.56. The van der Waals surface area contributed by atoms with E-state index in [0.29, 0.717) is 11.2 Å². The van der Waals surface area contributed by atoms with Crippen molar-refractivity contribution in [1.29, 1.82) is 0 Å². The molecule has 0 aliphatic heterocycles. The number of imidazole rings is 1. The number of nitrogens with zero attached hydrogens (tertiary/aromatic N) is 3. The average molecular weight is 600 g/mol. The van der Waals surface area contributed by atoms with E-state index >= 15 is 8.78 Å². The first-order valence-corrected chi connectivity index (χ1v) is 14.5. The van der Waals surface area contributed by atoms with Crippen molar-refractivity contribution in [2.45, 2.75) is 89.2 Å². The molecule has 4 saturated carbocycles. The van der Waals surface area contributed by atoms with Gasteiger partial charge < -0.3 is 15.8 Å². The van der Waals surface area contributed by atoms with Crippen LogP contribution in [0.4, 0.5) is 22.4 Å². The van der Waals surface area contributed by atoms with Crippen molar-refractivity contribution in [3.05, 3.63) is 28.7 Å². The summed E-state index contributed by atoms with van der Waals surface area (Å²) in [4.78, 5) is 29.1. The molecule has 4 aliphatic rings. The first-order valence-electron chi connectivity index (χ1n) is 14.1. The molecule has 4 fully saturated rings. The van der Waals surface area contributed by atoms with Crippen molar-refractivity contribution in [3.63, 3.8) is 0 Å². The molecule has 0 saturated heterocycles. The number of halogens is 5. The Hall–Kier alpha value is -2.63. The number of nitrogens with one attached hydrogen (secondary N) is 1. The molecule has 5 atom stereocenters. The summed E-state index contributed by atoms with van der Waals surface area (Å²) < 4.78 is 64.2. The highest BCUT2D eigenvalue weighted by molar-refractivity contribution is 6.30. The van der Waals surface area contributed by atoms with E-state index in [9.17, 15) is 18.4 Å². The van der Waals surface area contributed by atoms with Crippen LogP contribution in [-0.2, 0) is 21.5 Å². The van der Waals surface area contributed by atoms with E-state index in [1.807, 2.05) is 20.8 Å². The molecule has 2 aromatic rings. The Morgan fingerprint density at radius 1 is 1.17 bits per heavy atom. The van der Waals surface area contributed by atoms with Crippen LogP contribution in [0.15, 0.2) is 12.3 Å². The number of fused-ring (bicyclic) bond motifs is 2. The molecule has 0 spiro atoms. The lowest BCUT2D eigenvalue weighted by Gasteiger charge is -2.39. The van der Waals surface area contributed by atoms with Gasteiger partial charge in [0.1, 0.15) is 6.10 Å². The summed E-state index contributed by atoms with van der Waals surface area (Å²) in [7, 11) is 0. The second-order valence-corrected chi connectivity index (χ2v) is 13.9. The summed E-state index contributed by atoms with van der Waals surface area (Å²) in [6.07, 6.45) is 1.28. The number of amides is 2. The Morgan fingerprint density at radius 3 is 2.44 bits per heavy atom. The molecule has 13 heteroatoms. The first-order chi connectivity index (χ1) is 19.0. The minimum Gasteiger partial charge on any atom is -0.446 e. The third-order valence-electron chi connectivity index (χ3n) is 9.64. The number of carbonyl (C=O) groups is 2. The van der Waals surface area contributed by atoms with Crippen molar-refractivity contribution in [2.24, 2.45) is 40.7 Å². The number of aromatic nitrogens is 3. The SMILES string of the molecule is CC(C)(C)C(OC(N)=O)C1CC2C(F)(F)C2(c2cn3nc(Cl)c(CNC(=O)[C@H](C4CC4)C4CC(F)(F)C4)cc3n2)C1. The quantitative estimate of drug-likeness (QED) is 0.390. The highest BCUT2D eigenvalue weighted by Gasteiger charge is 2.85. The predicted octanol–water partition coefficient (Wildman–Crippen LogP) is 5.49. The number of primary amides is 1. The smallest absolute Gasteiger partial charge is 0.404 e. The molecule has 41 heavy (non-hydrogen) atoms. The van der Waals surface area contributed by atoms with E-state index in [0.717, 1.165) is 12.8 Å². The van der Waals surface area contributed by atoms with E-state index in [-0.39, 0.29) is 66.7 Å². The third kappa shape index (κ3) is 4.73. The van der Waals surface area contributed by atoms with Crippen molar-refractivity contribution >= 4 is 29.2 Å². The molecule has 2 aromatic heterocycles. The number of alkyl halides is 4. The van der Waals surface area contributed by atoms with Crippen LogP contribution in [0.1, 0.15) is 70.6 Å². The van der Waals surface area contributed by atoms with Gasteiger partial charge in [0.2, 0.25) is 11.8 Å². The minimum absolute atomic E-state index is 0.0133. The Bertz CT molecular complexity index is 1400. The Balaban J connectivity index is 1.20. The monoisotopic (exact) mass is 599 g/mol. The summed E-state index contributed by atoms with van der Waals surface area (Å²) >= 11 is 6.39. The van der Waals surface area contributed by atoms with Crippen molar-refractivity contribution in [3.8, 4) is 0 Å². The van der Waals surface area contributed by atoms with Gasteiger partial charge in [0.05, 0.1) is 17.3 Å². The van der Waals surface area contributed by atoms with Crippen LogP contribution < -0.4 is 11.1 Å². The van der Waals surface area contributed by atoms with Gasteiger partial charge in [-0.3, -0.25) is 4.79 Å². The lowest BCUT2D eigenvalue weighted by atomic mass is 9.71. The topological polar surface area (TPSA) is 112 Å². The third-order valence-corrected chi connectivity index (χ3v) is 9.96. The van der Waals surface area contributed by atoms with Gasteiger partial charge in [-0.25, -0.2) is 31.9 Å². The summed E-state index contributed by atoms with van der Waals surface area (Å²) in [6, 6.07) is 1.59. The van der Waals surface area contributed by atoms with Crippen molar-refractivity contribution in [2.75, 3.05) is 0 Å². The Kier molecular flexibility index (Phi) is 6.38.